The Balaban J connectivity index is 2.24. The zero-order valence-electron chi connectivity index (χ0n) is 12.9. The van der Waals surface area contributed by atoms with Crippen LogP contribution in [0.3, 0.4) is 0 Å². The topological polar surface area (TPSA) is 50.5 Å². The lowest BCUT2D eigenvalue weighted by molar-refractivity contribution is 0.319. The fourth-order valence-electron chi connectivity index (χ4n) is 2.07. The van der Waals surface area contributed by atoms with Gasteiger partial charge in [0.1, 0.15) is 5.75 Å². The molecule has 0 saturated heterocycles. The number of para-hydroxylation sites is 2. The molecule has 112 valence electrons. The molecular formula is C17H23N3O. The number of nitrogens with zero attached hydrogens (tertiary/aromatic N) is 1. The van der Waals surface area contributed by atoms with Gasteiger partial charge in [-0.2, -0.15) is 0 Å². The Morgan fingerprint density at radius 1 is 1.14 bits per heavy atom. The standard InChI is InChI=1S/C17H23N3O/c1-4-11-21-17-12-13(9-10-14(17)18)19-15-7-5-6-8-16(15)20(2)3/h5-10,12,19H,4,11,18H2,1-3H3. The van der Waals surface area contributed by atoms with E-state index in [1.165, 1.54) is 0 Å². The first-order chi connectivity index (χ1) is 10.1. The maximum atomic E-state index is 5.94. The van der Waals surface area contributed by atoms with E-state index in [-0.39, 0.29) is 0 Å². The molecule has 0 spiro atoms. The van der Waals surface area contributed by atoms with E-state index in [1.807, 2.05) is 44.4 Å². The molecule has 0 bridgehead atoms. The summed E-state index contributed by atoms with van der Waals surface area (Å²) in [6.45, 7) is 2.74. The first-order valence-electron chi connectivity index (χ1n) is 7.17. The maximum absolute atomic E-state index is 5.94. The summed E-state index contributed by atoms with van der Waals surface area (Å²) in [5, 5.41) is 3.42. The summed E-state index contributed by atoms with van der Waals surface area (Å²) in [6, 6.07) is 13.9. The van der Waals surface area contributed by atoms with Gasteiger partial charge in [0.25, 0.3) is 0 Å². The van der Waals surface area contributed by atoms with Crippen LogP contribution in [0.1, 0.15) is 13.3 Å². The fourth-order valence-corrected chi connectivity index (χ4v) is 2.07. The monoisotopic (exact) mass is 285 g/mol. The van der Waals surface area contributed by atoms with Gasteiger partial charge < -0.3 is 20.7 Å². The zero-order valence-corrected chi connectivity index (χ0v) is 12.9. The van der Waals surface area contributed by atoms with Crippen molar-refractivity contribution in [3.8, 4) is 5.75 Å². The SMILES string of the molecule is CCCOc1cc(Nc2ccccc2N(C)C)ccc1N. The van der Waals surface area contributed by atoms with E-state index in [0.29, 0.717) is 12.3 Å². The third-order valence-corrected chi connectivity index (χ3v) is 3.14. The molecule has 0 aliphatic carbocycles. The van der Waals surface area contributed by atoms with Crippen LogP contribution in [0.5, 0.6) is 5.75 Å². The molecule has 3 N–H and O–H groups in total. The van der Waals surface area contributed by atoms with Crippen molar-refractivity contribution in [1.82, 2.24) is 0 Å². The van der Waals surface area contributed by atoms with E-state index >= 15 is 0 Å². The Morgan fingerprint density at radius 2 is 1.90 bits per heavy atom. The molecule has 4 heteroatoms. The highest BCUT2D eigenvalue weighted by Crippen LogP contribution is 2.31. The van der Waals surface area contributed by atoms with Crippen LogP contribution < -0.4 is 20.7 Å². The fraction of sp³-hybridized carbons (Fsp3) is 0.294. The van der Waals surface area contributed by atoms with Crippen molar-refractivity contribution in [1.29, 1.82) is 0 Å². The second-order valence-electron chi connectivity index (χ2n) is 5.14. The van der Waals surface area contributed by atoms with Crippen LogP contribution in [-0.4, -0.2) is 20.7 Å². The van der Waals surface area contributed by atoms with Crippen LogP contribution in [-0.2, 0) is 0 Å². The summed E-state index contributed by atoms with van der Waals surface area (Å²) in [5.74, 6) is 0.726. The number of nitrogens with one attached hydrogen (secondary N) is 1. The average molecular weight is 285 g/mol. The summed E-state index contributed by atoms with van der Waals surface area (Å²) >= 11 is 0. The molecule has 0 aliphatic heterocycles. The summed E-state index contributed by atoms with van der Waals surface area (Å²) in [5.41, 5.74) is 9.74. The van der Waals surface area contributed by atoms with E-state index in [2.05, 4.69) is 29.3 Å². The number of ether oxygens (including phenoxy) is 1. The number of anilines is 4. The molecule has 0 amide bonds. The number of rotatable bonds is 6. The summed E-state index contributed by atoms with van der Waals surface area (Å²) in [6.07, 6.45) is 0.959. The molecule has 0 atom stereocenters. The van der Waals surface area contributed by atoms with Gasteiger partial charge in [0.05, 0.1) is 23.7 Å². The molecule has 2 rings (SSSR count). The molecule has 0 aromatic heterocycles. The second-order valence-corrected chi connectivity index (χ2v) is 5.14. The Kier molecular flexibility index (Phi) is 4.93. The molecule has 2 aromatic carbocycles. The quantitative estimate of drug-likeness (QED) is 0.791. The lowest BCUT2D eigenvalue weighted by Crippen LogP contribution is -2.10. The van der Waals surface area contributed by atoms with Crippen molar-refractivity contribution in [2.75, 3.05) is 36.7 Å². The van der Waals surface area contributed by atoms with Crippen molar-refractivity contribution in [3.05, 3.63) is 42.5 Å². The van der Waals surface area contributed by atoms with Gasteiger partial charge in [0.15, 0.2) is 0 Å². The van der Waals surface area contributed by atoms with Crippen LogP contribution in [0.2, 0.25) is 0 Å². The van der Waals surface area contributed by atoms with Gasteiger partial charge in [-0.3, -0.25) is 0 Å². The van der Waals surface area contributed by atoms with E-state index < -0.39 is 0 Å². The smallest absolute Gasteiger partial charge is 0.144 e. The molecule has 0 saturated carbocycles. The minimum Gasteiger partial charge on any atom is -0.491 e. The molecule has 0 heterocycles. The van der Waals surface area contributed by atoms with Crippen LogP contribution in [0, 0.1) is 0 Å². The predicted molar refractivity (Wildman–Crippen MR) is 90.7 cm³/mol. The molecule has 2 aromatic rings. The van der Waals surface area contributed by atoms with Crippen LogP contribution in [0.25, 0.3) is 0 Å². The van der Waals surface area contributed by atoms with Crippen molar-refractivity contribution in [2.45, 2.75) is 13.3 Å². The van der Waals surface area contributed by atoms with E-state index in [1.54, 1.807) is 0 Å². The van der Waals surface area contributed by atoms with Crippen LogP contribution >= 0.6 is 0 Å². The summed E-state index contributed by atoms with van der Waals surface area (Å²) in [4.78, 5) is 2.08. The number of hydrogen-bond donors (Lipinski definition) is 2. The lowest BCUT2D eigenvalue weighted by Gasteiger charge is -2.19. The molecular weight excluding hydrogens is 262 g/mol. The third kappa shape index (κ3) is 3.81. The highest BCUT2D eigenvalue weighted by Gasteiger charge is 2.06. The number of benzene rings is 2. The van der Waals surface area contributed by atoms with Crippen molar-refractivity contribution in [3.63, 3.8) is 0 Å². The number of hydrogen-bond acceptors (Lipinski definition) is 4. The largest absolute Gasteiger partial charge is 0.491 e. The van der Waals surface area contributed by atoms with Gasteiger partial charge in [-0.25, -0.2) is 0 Å². The lowest BCUT2D eigenvalue weighted by atomic mass is 10.2. The average Bonchev–Trinajstić information content (AvgIpc) is 2.48. The molecule has 0 fully saturated rings. The normalized spacial score (nSPS) is 10.2. The van der Waals surface area contributed by atoms with Gasteiger partial charge >= 0.3 is 0 Å². The summed E-state index contributed by atoms with van der Waals surface area (Å²) in [7, 11) is 4.05. The Hall–Kier alpha value is -2.36. The summed E-state index contributed by atoms with van der Waals surface area (Å²) < 4.78 is 5.67. The number of nitrogens with two attached hydrogens (primary N) is 1. The molecule has 0 radical (unpaired) electrons. The minimum absolute atomic E-state index is 0.662. The molecule has 0 aliphatic rings. The van der Waals surface area contributed by atoms with Crippen molar-refractivity contribution in [2.24, 2.45) is 0 Å². The van der Waals surface area contributed by atoms with Crippen molar-refractivity contribution < 1.29 is 4.74 Å². The van der Waals surface area contributed by atoms with Gasteiger partial charge in [0.2, 0.25) is 0 Å². The number of nitrogen functional groups attached to an aromatic ring is 1. The van der Waals surface area contributed by atoms with Crippen LogP contribution in [0.4, 0.5) is 22.7 Å². The van der Waals surface area contributed by atoms with E-state index in [9.17, 15) is 0 Å². The molecule has 21 heavy (non-hydrogen) atoms. The third-order valence-electron chi connectivity index (χ3n) is 3.14. The van der Waals surface area contributed by atoms with Gasteiger partial charge in [-0.15, -0.1) is 0 Å². The van der Waals surface area contributed by atoms with Crippen molar-refractivity contribution >= 4 is 22.7 Å². The minimum atomic E-state index is 0.662. The maximum Gasteiger partial charge on any atom is 0.144 e. The Bertz CT molecular complexity index is 596. The highest BCUT2D eigenvalue weighted by molar-refractivity contribution is 5.76. The molecule has 4 nitrogen and oxygen atoms in total. The highest BCUT2D eigenvalue weighted by atomic mass is 16.5. The van der Waals surface area contributed by atoms with E-state index in [0.717, 1.165) is 29.2 Å². The molecule has 0 unspecified atom stereocenters. The van der Waals surface area contributed by atoms with Gasteiger partial charge in [0, 0.05) is 25.8 Å². The Morgan fingerprint density at radius 3 is 2.62 bits per heavy atom. The van der Waals surface area contributed by atoms with E-state index in [4.69, 9.17) is 10.5 Å². The predicted octanol–water partition coefficient (Wildman–Crippen LogP) is 3.87. The Labute approximate surface area is 126 Å². The second kappa shape index (κ2) is 6.88. The van der Waals surface area contributed by atoms with Gasteiger partial charge in [-0.1, -0.05) is 19.1 Å². The van der Waals surface area contributed by atoms with Gasteiger partial charge in [-0.05, 0) is 30.7 Å². The van der Waals surface area contributed by atoms with Crippen LogP contribution in [0.15, 0.2) is 42.5 Å². The zero-order chi connectivity index (χ0) is 15.2. The first-order valence-corrected chi connectivity index (χ1v) is 7.17. The first kappa shape index (κ1) is 15.0.